The normalized spacial score (nSPS) is 18.7. The summed E-state index contributed by atoms with van der Waals surface area (Å²) >= 11 is -1.15. The highest BCUT2D eigenvalue weighted by molar-refractivity contribution is 7.90. The van der Waals surface area contributed by atoms with Crippen LogP contribution in [0.3, 0.4) is 0 Å². The zero-order valence-corrected chi connectivity index (χ0v) is 20.8. The Kier molecular flexibility index (Phi) is 6.46. The highest BCUT2D eigenvalue weighted by Gasteiger charge is 2.42. The Morgan fingerprint density at radius 2 is 2.03 bits per heavy atom. The number of hydrogen-bond donors (Lipinski definition) is 2. The van der Waals surface area contributed by atoms with Crippen LogP contribution in [0.25, 0.3) is 22.2 Å². The number of halogens is 2. The molecule has 2 aromatic carbocycles. The minimum absolute atomic E-state index is 0.00752. The van der Waals surface area contributed by atoms with Gasteiger partial charge in [0.1, 0.15) is 17.3 Å². The number of benzene rings is 2. The van der Waals surface area contributed by atoms with Gasteiger partial charge in [0.2, 0.25) is 0 Å². The SMILES string of the molecule is O=C1N[C@@H]2C[C@H](c3c(OC(F)F)cccc31)n1c2nc2ccc(-c3cnc(C[S@+]([O-])CCCO)nc3)cc21. The Hall–Kier alpha value is -3.61. The number of amides is 1. The topological polar surface area (TPSA) is 125 Å². The largest absolute Gasteiger partial charge is 0.616 e. The smallest absolute Gasteiger partial charge is 0.387 e. The number of imidazole rings is 1. The molecule has 0 spiro atoms. The molecule has 2 N–H and O–H groups in total. The first-order valence-corrected chi connectivity index (χ1v) is 13.6. The summed E-state index contributed by atoms with van der Waals surface area (Å²) in [5.74, 6) is 1.35. The molecule has 0 radical (unpaired) electrons. The van der Waals surface area contributed by atoms with Gasteiger partial charge in [0.05, 0.1) is 23.1 Å². The summed E-state index contributed by atoms with van der Waals surface area (Å²) in [7, 11) is 0. The predicted molar refractivity (Wildman–Crippen MR) is 135 cm³/mol. The summed E-state index contributed by atoms with van der Waals surface area (Å²) in [6.07, 6.45) is 4.27. The number of ether oxygens (including phenoxy) is 1. The van der Waals surface area contributed by atoms with Crippen molar-refractivity contribution in [1.82, 2.24) is 24.8 Å². The molecule has 0 unspecified atom stereocenters. The van der Waals surface area contributed by atoms with Crippen LogP contribution in [0.4, 0.5) is 8.78 Å². The van der Waals surface area contributed by atoms with E-state index in [1.165, 1.54) is 12.1 Å². The van der Waals surface area contributed by atoms with Crippen molar-refractivity contribution in [3.63, 3.8) is 0 Å². The van der Waals surface area contributed by atoms with Gasteiger partial charge in [0, 0.05) is 42.1 Å². The van der Waals surface area contributed by atoms with E-state index in [0.717, 1.165) is 16.6 Å². The number of rotatable bonds is 8. The summed E-state index contributed by atoms with van der Waals surface area (Å²) in [4.78, 5) is 26.4. The maximum Gasteiger partial charge on any atom is 0.387 e. The third-order valence-corrected chi connectivity index (χ3v) is 8.15. The summed E-state index contributed by atoms with van der Waals surface area (Å²) in [5.41, 5.74) is 3.79. The number of nitrogens with zero attached hydrogens (tertiary/aromatic N) is 4. The number of nitrogens with one attached hydrogen (secondary N) is 1. The Labute approximate surface area is 219 Å². The molecular formula is C26H23F2N5O4S. The van der Waals surface area contributed by atoms with E-state index in [2.05, 4.69) is 15.3 Å². The first-order valence-electron chi connectivity index (χ1n) is 12.1. The van der Waals surface area contributed by atoms with Crippen molar-refractivity contribution in [2.45, 2.75) is 37.3 Å². The Balaban J connectivity index is 1.38. The molecule has 6 rings (SSSR count). The van der Waals surface area contributed by atoms with Crippen molar-refractivity contribution >= 4 is 28.1 Å². The molecule has 1 amide bonds. The fraction of sp³-hybridized carbons (Fsp3) is 0.308. The number of aromatic nitrogens is 4. The van der Waals surface area contributed by atoms with E-state index in [9.17, 15) is 18.1 Å². The average Bonchev–Trinajstić information content (AvgIpc) is 3.39. The lowest BCUT2D eigenvalue weighted by atomic mass is 9.97. The van der Waals surface area contributed by atoms with E-state index >= 15 is 0 Å². The minimum Gasteiger partial charge on any atom is -0.616 e. The number of carbonyl (C=O) groups excluding carboxylic acids is 1. The molecule has 4 aromatic rings. The fourth-order valence-electron chi connectivity index (χ4n) is 5.21. The number of aliphatic hydroxyl groups excluding tert-OH is 1. The van der Waals surface area contributed by atoms with E-state index in [4.69, 9.17) is 14.8 Å². The zero-order valence-electron chi connectivity index (χ0n) is 20.0. The van der Waals surface area contributed by atoms with Crippen molar-refractivity contribution in [1.29, 1.82) is 0 Å². The molecule has 0 aliphatic carbocycles. The first kappa shape index (κ1) is 24.7. The predicted octanol–water partition coefficient (Wildman–Crippen LogP) is 3.50. The molecule has 2 aromatic heterocycles. The molecule has 9 nitrogen and oxygen atoms in total. The molecule has 3 atom stereocenters. The molecule has 12 heteroatoms. The Morgan fingerprint density at radius 1 is 1.21 bits per heavy atom. The van der Waals surface area contributed by atoms with E-state index < -0.39 is 23.8 Å². The highest BCUT2D eigenvalue weighted by Crippen LogP contribution is 2.47. The van der Waals surface area contributed by atoms with Crippen molar-refractivity contribution in [3.8, 4) is 16.9 Å². The number of fused-ring (bicyclic) bond motifs is 9. The van der Waals surface area contributed by atoms with Gasteiger partial charge < -0.3 is 24.3 Å². The molecular weight excluding hydrogens is 516 g/mol. The highest BCUT2D eigenvalue weighted by atomic mass is 32.2. The molecule has 38 heavy (non-hydrogen) atoms. The van der Waals surface area contributed by atoms with Crippen LogP contribution < -0.4 is 10.1 Å². The second-order valence-electron chi connectivity index (χ2n) is 9.17. The van der Waals surface area contributed by atoms with Gasteiger partial charge in [-0.3, -0.25) is 4.79 Å². The van der Waals surface area contributed by atoms with Crippen LogP contribution in [0.2, 0.25) is 0 Å². The van der Waals surface area contributed by atoms with Crippen LogP contribution in [-0.2, 0) is 16.9 Å². The van der Waals surface area contributed by atoms with Crippen LogP contribution in [0.1, 0.15) is 52.5 Å². The zero-order chi connectivity index (χ0) is 26.4. The van der Waals surface area contributed by atoms with Gasteiger partial charge in [-0.05, 0) is 47.4 Å². The van der Waals surface area contributed by atoms with E-state index in [0.29, 0.717) is 46.9 Å². The number of hydrogen-bond acceptors (Lipinski definition) is 7. The number of aliphatic hydroxyl groups is 1. The summed E-state index contributed by atoms with van der Waals surface area (Å²) in [6, 6.07) is 9.51. The van der Waals surface area contributed by atoms with Crippen LogP contribution in [0, 0.1) is 0 Å². The van der Waals surface area contributed by atoms with Crippen molar-refractivity contribution < 1.29 is 28.0 Å². The van der Waals surface area contributed by atoms with Gasteiger partial charge in [-0.2, -0.15) is 8.78 Å². The average molecular weight is 540 g/mol. The minimum atomic E-state index is -3.02. The van der Waals surface area contributed by atoms with Crippen molar-refractivity contribution in [3.05, 3.63) is 71.6 Å². The van der Waals surface area contributed by atoms with E-state index in [-0.39, 0.29) is 30.1 Å². The van der Waals surface area contributed by atoms with Crippen LogP contribution in [0.5, 0.6) is 5.75 Å². The lowest BCUT2D eigenvalue weighted by Crippen LogP contribution is -2.28. The number of carbonyl (C=O) groups is 1. The first-order chi connectivity index (χ1) is 18.4. The second kappa shape index (κ2) is 9.93. The summed E-state index contributed by atoms with van der Waals surface area (Å²) in [6.45, 7) is -3.03. The van der Waals surface area contributed by atoms with Gasteiger partial charge >= 0.3 is 6.61 Å². The molecule has 0 saturated carbocycles. The van der Waals surface area contributed by atoms with E-state index in [1.807, 2.05) is 22.8 Å². The molecule has 0 saturated heterocycles. The lowest BCUT2D eigenvalue weighted by molar-refractivity contribution is -0.0507. The molecule has 2 aliphatic heterocycles. The molecule has 2 aliphatic rings. The summed E-state index contributed by atoms with van der Waals surface area (Å²) < 4.78 is 45.4. The van der Waals surface area contributed by atoms with Gasteiger partial charge in [-0.1, -0.05) is 12.1 Å². The molecule has 196 valence electrons. The fourth-order valence-corrected chi connectivity index (χ4v) is 6.24. The Morgan fingerprint density at radius 3 is 2.79 bits per heavy atom. The number of alkyl halides is 2. The van der Waals surface area contributed by atoms with Crippen LogP contribution >= 0.6 is 0 Å². The van der Waals surface area contributed by atoms with Crippen molar-refractivity contribution in [2.24, 2.45) is 0 Å². The van der Waals surface area contributed by atoms with E-state index in [1.54, 1.807) is 18.5 Å². The molecule has 4 heterocycles. The van der Waals surface area contributed by atoms with Gasteiger partial charge in [-0.25, -0.2) is 15.0 Å². The van der Waals surface area contributed by atoms with Crippen LogP contribution in [0.15, 0.2) is 48.8 Å². The summed E-state index contributed by atoms with van der Waals surface area (Å²) in [5, 5.41) is 11.9. The molecule has 2 bridgehead atoms. The van der Waals surface area contributed by atoms with Crippen LogP contribution in [-0.4, -0.2) is 54.1 Å². The molecule has 0 fully saturated rings. The maximum absolute atomic E-state index is 13.2. The monoisotopic (exact) mass is 539 g/mol. The quantitative estimate of drug-likeness (QED) is 0.328. The van der Waals surface area contributed by atoms with Crippen molar-refractivity contribution in [2.75, 3.05) is 12.4 Å². The maximum atomic E-state index is 13.2. The van der Waals surface area contributed by atoms with Gasteiger partial charge in [0.25, 0.3) is 5.91 Å². The third-order valence-electron chi connectivity index (χ3n) is 6.82. The van der Waals surface area contributed by atoms with Gasteiger partial charge in [0.15, 0.2) is 11.6 Å². The van der Waals surface area contributed by atoms with Gasteiger partial charge in [-0.15, -0.1) is 0 Å². The third kappa shape index (κ3) is 4.38. The second-order valence-corrected chi connectivity index (χ2v) is 10.7. The Bertz CT molecular complexity index is 1510. The standard InChI is InChI=1S/C26H23F2N5O4S/c27-26(28)37-21-4-1-3-16-23(21)20-10-18(32-25(16)35)24-31-17-6-5-14(9-19(17)33(20)24)15-11-29-22(30-12-15)13-38(36)8-2-7-34/h1,3-6,9,11-12,18,20,26,34H,2,7-8,10,13H2,(H,32,35)/t18-,20-,38-/m1/s1. The lowest BCUT2D eigenvalue weighted by Gasteiger charge is -2.21.